The van der Waals surface area contributed by atoms with E-state index in [4.69, 9.17) is 19.4 Å². The number of aryl methyl sites for hydroxylation is 1. The third kappa shape index (κ3) is 5.62. The highest BCUT2D eigenvalue weighted by molar-refractivity contribution is 6.11. The molecular formula is C49H36N4O. The summed E-state index contributed by atoms with van der Waals surface area (Å²) in [6.45, 7) is 2.23. The van der Waals surface area contributed by atoms with Crippen LogP contribution in [-0.4, -0.2) is 19.5 Å². The van der Waals surface area contributed by atoms with Gasteiger partial charge in [-0.05, 0) is 84.1 Å². The van der Waals surface area contributed by atoms with Crippen LogP contribution in [-0.2, 0) is 6.42 Å². The van der Waals surface area contributed by atoms with Crippen molar-refractivity contribution < 1.29 is 4.42 Å². The van der Waals surface area contributed by atoms with Crippen LogP contribution in [0.5, 0.6) is 0 Å². The van der Waals surface area contributed by atoms with Gasteiger partial charge in [-0.25, -0.2) is 15.0 Å². The lowest BCUT2D eigenvalue weighted by Crippen LogP contribution is -2.00. The van der Waals surface area contributed by atoms with E-state index >= 15 is 0 Å². The molecule has 7 aromatic carbocycles. The molecular weight excluding hydrogens is 661 g/mol. The van der Waals surface area contributed by atoms with Crippen LogP contribution < -0.4 is 0 Å². The van der Waals surface area contributed by atoms with Crippen molar-refractivity contribution >= 4 is 43.7 Å². The number of hydrogen-bond acceptors (Lipinski definition) is 4. The molecule has 0 saturated heterocycles. The summed E-state index contributed by atoms with van der Waals surface area (Å²) >= 11 is 0. The van der Waals surface area contributed by atoms with Gasteiger partial charge in [0.05, 0.1) is 11.0 Å². The highest BCUT2D eigenvalue weighted by atomic mass is 16.3. The molecule has 0 spiro atoms. The molecule has 0 aliphatic rings. The molecule has 5 nitrogen and oxygen atoms in total. The Labute approximate surface area is 313 Å². The molecule has 54 heavy (non-hydrogen) atoms. The molecule has 0 radical (unpaired) electrons. The van der Waals surface area contributed by atoms with Gasteiger partial charge in [0, 0.05) is 43.9 Å². The van der Waals surface area contributed by atoms with E-state index in [1.807, 2.05) is 42.5 Å². The van der Waals surface area contributed by atoms with Gasteiger partial charge in [-0.3, -0.25) is 0 Å². The maximum absolute atomic E-state index is 6.13. The van der Waals surface area contributed by atoms with Gasteiger partial charge >= 0.3 is 0 Å². The highest BCUT2D eigenvalue weighted by Crippen LogP contribution is 2.37. The molecule has 10 aromatic rings. The smallest absolute Gasteiger partial charge is 0.164 e. The number of unbranched alkanes of at least 4 members (excludes halogenated alkanes) is 1. The molecule has 0 bridgehead atoms. The number of rotatable bonds is 8. The first-order chi connectivity index (χ1) is 26.7. The van der Waals surface area contributed by atoms with Gasteiger partial charge in [-0.1, -0.05) is 123 Å². The average Bonchev–Trinajstić information content (AvgIpc) is 3.78. The summed E-state index contributed by atoms with van der Waals surface area (Å²) in [5.41, 5.74) is 11.7. The van der Waals surface area contributed by atoms with E-state index in [9.17, 15) is 0 Å². The Morgan fingerprint density at radius 1 is 0.444 bits per heavy atom. The van der Waals surface area contributed by atoms with E-state index in [-0.39, 0.29) is 0 Å². The zero-order valence-electron chi connectivity index (χ0n) is 29.9. The summed E-state index contributed by atoms with van der Waals surface area (Å²) in [6.07, 6.45) is 3.43. The lowest BCUT2D eigenvalue weighted by molar-refractivity contribution is 0.669. The van der Waals surface area contributed by atoms with Crippen LogP contribution in [0.3, 0.4) is 0 Å². The fourth-order valence-corrected chi connectivity index (χ4v) is 7.65. The molecule has 0 aliphatic carbocycles. The van der Waals surface area contributed by atoms with Crippen LogP contribution in [0.15, 0.2) is 168 Å². The Kier molecular flexibility index (Phi) is 7.84. The second-order valence-corrected chi connectivity index (χ2v) is 13.9. The molecule has 0 unspecified atom stereocenters. The maximum Gasteiger partial charge on any atom is 0.164 e. The molecule has 258 valence electrons. The van der Waals surface area contributed by atoms with Crippen LogP contribution in [0.2, 0.25) is 0 Å². The summed E-state index contributed by atoms with van der Waals surface area (Å²) in [5.74, 6) is 1.97. The minimum absolute atomic E-state index is 0.645. The largest absolute Gasteiger partial charge is 0.456 e. The predicted octanol–water partition coefficient (Wildman–Crippen LogP) is 12.9. The normalized spacial score (nSPS) is 11.6. The van der Waals surface area contributed by atoms with Gasteiger partial charge in [0.2, 0.25) is 0 Å². The molecule has 0 amide bonds. The number of furan rings is 1. The van der Waals surface area contributed by atoms with E-state index in [1.54, 1.807) is 0 Å². The quantitative estimate of drug-likeness (QED) is 0.159. The summed E-state index contributed by atoms with van der Waals surface area (Å²) < 4.78 is 8.49. The number of para-hydroxylation sites is 2. The topological polar surface area (TPSA) is 56.7 Å². The number of hydrogen-bond donors (Lipinski definition) is 0. The van der Waals surface area contributed by atoms with Gasteiger partial charge < -0.3 is 8.98 Å². The van der Waals surface area contributed by atoms with Gasteiger partial charge in [-0.2, -0.15) is 0 Å². The van der Waals surface area contributed by atoms with Gasteiger partial charge in [0.1, 0.15) is 11.2 Å². The second kappa shape index (κ2) is 13.3. The van der Waals surface area contributed by atoms with Gasteiger partial charge in [-0.15, -0.1) is 0 Å². The number of fused-ring (bicyclic) bond motifs is 6. The highest BCUT2D eigenvalue weighted by Gasteiger charge is 2.16. The third-order valence-corrected chi connectivity index (χ3v) is 10.5. The SMILES string of the molecule is CCCCc1ccc(-c2nc(-c3ccccc3)nc(-c3ccc(-n4c5ccccc5c5ccc(-c6ccc7oc8ccccc8c7c6)cc54)cc3)n2)cc1. The summed E-state index contributed by atoms with van der Waals surface area (Å²) in [7, 11) is 0. The average molecular weight is 697 g/mol. The zero-order chi connectivity index (χ0) is 36.0. The standard InChI is InChI=1S/C49H36N4O/c1-2-3-11-32-18-20-34(21-19-32)48-50-47(33-12-5-4-6-13-33)51-49(52-48)35-22-26-38(27-23-35)53-43-16-9-7-14-39(43)40-28-24-37(31-44(40)53)36-25-29-46-42(30-36)41-15-8-10-17-45(41)54-46/h4-10,12-31H,2-3,11H2,1H3. The van der Waals surface area contributed by atoms with E-state index in [0.717, 1.165) is 72.9 Å². The van der Waals surface area contributed by atoms with Crippen molar-refractivity contribution in [2.45, 2.75) is 26.2 Å². The Balaban J connectivity index is 1.07. The molecule has 5 heteroatoms. The fraction of sp³-hybridized carbons (Fsp3) is 0.0816. The molecule has 0 fully saturated rings. The van der Waals surface area contributed by atoms with Crippen molar-refractivity contribution in [1.82, 2.24) is 19.5 Å². The molecule has 0 atom stereocenters. The van der Waals surface area contributed by atoms with E-state index in [2.05, 4.69) is 133 Å². The van der Waals surface area contributed by atoms with Crippen LogP contribution in [0.1, 0.15) is 25.3 Å². The molecule has 3 aromatic heterocycles. The molecule has 0 saturated carbocycles. The Morgan fingerprint density at radius 2 is 1.00 bits per heavy atom. The Bertz CT molecular complexity index is 2960. The van der Waals surface area contributed by atoms with Crippen molar-refractivity contribution in [3.8, 4) is 51.0 Å². The fourth-order valence-electron chi connectivity index (χ4n) is 7.65. The van der Waals surface area contributed by atoms with Crippen LogP contribution in [0, 0.1) is 0 Å². The Hall–Kier alpha value is -6.85. The molecule has 10 rings (SSSR count). The summed E-state index contributed by atoms with van der Waals surface area (Å²) in [6, 6.07) is 57.5. The van der Waals surface area contributed by atoms with E-state index < -0.39 is 0 Å². The monoisotopic (exact) mass is 696 g/mol. The minimum Gasteiger partial charge on any atom is -0.456 e. The first-order valence-corrected chi connectivity index (χ1v) is 18.7. The maximum atomic E-state index is 6.13. The van der Waals surface area contributed by atoms with Crippen LogP contribution in [0.4, 0.5) is 0 Å². The van der Waals surface area contributed by atoms with Crippen molar-refractivity contribution in [2.75, 3.05) is 0 Å². The predicted molar refractivity (Wildman–Crippen MR) is 222 cm³/mol. The first-order valence-electron chi connectivity index (χ1n) is 18.7. The van der Waals surface area contributed by atoms with Crippen molar-refractivity contribution in [3.63, 3.8) is 0 Å². The second-order valence-electron chi connectivity index (χ2n) is 13.9. The molecule has 3 heterocycles. The number of aromatic nitrogens is 4. The summed E-state index contributed by atoms with van der Waals surface area (Å²) in [5, 5.41) is 4.68. The van der Waals surface area contributed by atoms with Crippen LogP contribution in [0.25, 0.3) is 94.7 Å². The van der Waals surface area contributed by atoms with Crippen molar-refractivity contribution in [3.05, 3.63) is 169 Å². The van der Waals surface area contributed by atoms with Gasteiger partial charge in [0.15, 0.2) is 17.5 Å². The molecule has 0 N–H and O–H groups in total. The van der Waals surface area contributed by atoms with E-state index in [1.165, 1.54) is 29.2 Å². The number of benzene rings is 7. The lowest BCUT2D eigenvalue weighted by atomic mass is 10.0. The minimum atomic E-state index is 0.645. The first kappa shape index (κ1) is 31.9. The zero-order valence-corrected chi connectivity index (χ0v) is 29.9. The molecule has 0 aliphatic heterocycles. The summed E-state index contributed by atoms with van der Waals surface area (Å²) in [4.78, 5) is 15.0. The van der Waals surface area contributed by atoms with Crippen LogP contribution >= 0.6 is 0 Å². The lowest BCUT2D eigenvalue weighted by Gasteiger charge is -2.11. The third-order valence-electron chi connectivity index (χ3n) is 10.5. The number of nitrogens with zero attached hydrogens (tertiary/aromatic N) is 4. The van der Waals surface area contributed by atoms with Crippen molar-refractivity contribution in [1.29, 1.82) is 0 Å². The van der Waals surface area contributed by atoms with Gasteiger partial charge in [0.25, 0.3) is 0 Å². The van der Waals surface area contributed by atoms with Crippen molar-refractivity contribution in [2.24, 2.45) is 0 Å². The Morgan fingerprint density at radius 3 is 1.74 bits per heavy atom. The van der Waals surface area contributed by atoms with E-state index in [0.29, 0.717) is 17.5 Å².